The summed E-state index contributed by atoms with van der Waals surface area (Å²) in [5.41, 5.74) is -2.48. The van der Waals surface area contributed by atoms with Crippen LogP contribution in [0.15, 0.2) is 5.16 Å². The Hall–Kier alpha value is -1.39. The zero-order chi connectivity index (χ0) is 15.6. The van der Waals surface area contributed by atoms with Gasteiger partial charge in [0, 0.05) is 11.0 Å². The van der Waals surface area contributed by atoms with E-state index in [2.05, 4.69) is 10.5 Å². The van der Waals surface area contributed by atoms with Gasteiger partial charge < -0.3 is 10.5 Å². The number of nitrogens with zero attached hydrogens (tertiary/aromatic N) is 1. The zero-order valence-electron chi connectivity index (χ0n) is 13.1. The molecule has 0 aromatic rings. The maximum absolute atomic E-state index is 12.8. The summed E-state index contributed by atoms with van der Waals surface area (Å²) in [7, 11) is 0. The first-order valence-corrected chi connectivity index (χ1v) is 7.04. The predicted molar refractivity (Wildman–Crippen MR) is 75.7 cm³/mol. The van der Waals surface area contributed by atoms with Crippen LogP contribution in [0.5, 0.6) is 0 Å². The third-order valence-corrected chi connectivity index (χ3v) is 5.55. The predicted octanol–water partition coefficient (Wildman–Crippen LogP) is 2.13. The lowest BCUT2D eigenvalue weighted by atomic mass is 9.64. The molecule has 5 nitrogen and oxygen atoms in total. The molecule has 5 heteroatoms. The van der Waals surface area contributed by atoms with Gasteiger partial charge in [0.05, 0.1) is 0 Å². The van der Waals surface area contributed by atoms with Crippen LogP contribution in [0, 0.1) is 16.2 Å². The Bertz CT molecular complexity index is 516. The van der Waals surface area contributed by atoms with E-state index in [1.165, 1.54) is 0 Å². The van der Waals surface area contributed by atoms with Gasteiger partial charge in [-0.05, 0) is 39.0 Å². The molecule has 2 bridgehead atoms. The number of nitrogens with one attached hydrogen (secondary N) is 1. The molecule has 112 valence electrons. The highest BCUT2D eigenvalue weighted by molar-refractivity contribution is 6.50. The molecule has 20 heavy (non-hydrogen) atoms. The second-order valence-electron chi connectivity index (χ2n) is 7.84. The molecule has 2 atom stereocenters. The van der Waals surface area contributed by atoms with Gasteiger partial charge in [0.25, 0.3) is 0 Å². The van der Waals surface area contributed by atoms with Crippen molar-refractivity contribution in [2.24, 2.45) is 21.4 Å². The van der Waals surface area contributed by atoms with Crippen LogP contribution in [0.1, 0.15) is 54.4 Å². The fraction of sp³-hybridized carbons (Fsp3) is 0.800. The van der Waals surface area contributed by atoms with E-state index in [4.69, 9.17) is 0 Å². The van der Waals surface area contributed by atoms with Crippen molar-refractivity contribution < 1.29 is 14.8 Å². The number of hydrogen-bond donors (Lipinski definition) is 2. The van der Waals surface area contributed by atoms with Crippen molar-refractivity contribution in [2.45, 2.75) is 59.9 Å². The maximum Gasteiger partial charge on any atom is 0.235 e. The lowest BCUT2D eigenvalue weighted by Crippen LogP contribution is -2.55. The SMILES string of the molecule is CC(C)(C)NC(=O)C12CCC(C)(/C(=N/O)C1=O)C2(C)C. The van der Waals surface area contributed by atoms with E-state index in [9.17, 15) is 14.8 Å². The number of oxime groups is 1. The van der Waals surface area contributed by atoms with Crippen molar-refractivity contribution in [1.82, 2.24) is 5.32 Å². The Kier molecular flexibility index (Phi) is 2.87. The lowest BCUT2D eigenvalue weighted by molar-refractivity contribution is -0.145. The lowest BCUT2D eigenvalue weighted by Gasteiger charge is -2.39. The molecular weight excluding hydrogens is 256 g/mol. The van der Waals surface area contributed by atoms with Crippen LogP contribution < -0.4 is 5.32 Å². The Morgan fingerprint density at radius 1 is 1.25 bits per heavy atom. The monoisotopic (exact) mass is 280 g/mol. The Labute approximate surface area is 119 Å². The molecule has 0 heterocycles. The summed E-state index contributed by atoms with van der Waals surface area (Å²) in [5.74, 6) is -0.567. The minimum Gasteiger partial charge on any atom is -0.411 e. The molecule has 2 saturated carbocycles. The van der Waals surface area contributed by atoms with E-state index in [1.807, 2.05) is 41.5 Å². The van der Waals surface area contributed by atoms with E-state index >= 15 is 0 Å². The molecule has 0 aromatic carbocycles. The summed E-state index contributed by atoms with van der Waals surface area (Å²) in [4.78, 5) is 25.5. The summed E-state index contributed by atoms with van der Waals surface area (Å²) >= 11 is 0. The molecule has 0 radical (unpaired) electrons. The molecule has 2 unspecified atom stereocenters. The normalized spacial score (nSPS) is 37.5. The van der Waals surface area contributed by atoms with E-state index in [0.717, 1.165) is 0 Å². The number of amides is 1. The first-order valence-electron chi connectivity index (χ1n) is 7.04. The fourth-order valence-electron chi connectivity index (χ4n) is 3.90. The molecule has 2 rings (SSSR count). The van der Waals surface area contributed by atoms with Crippen LogP contribution in [0.25, 0.3) is 0 Å². The highest BCUT2D eigenvalue weighted by Crippen LogP contribution is 2.69. The number of fused-ring (bicyclic) bond motifs is 2. The molecule has 1 amide bonds. The van der Waals surface area contributed by atoms with E-state index in [-0.39, 0.29) is 17.4 Å². The topological polar surface area (TPSA) is 78.8 Å². The molecule has 2 fully saturated rings. The van der Waals surface area contributed by atoms with Gasteiger partial charge >= 0.3 is 0 Å². The average Bonchev–Trinajstić information content (AvgIpc) is 2.53. The zero-order valence-corrected chi connectivity index (χ0v) is 13.1. The Morgan fingerprint density at radius 3 is 2.20 bits per heavy atom. The molecule has 0 aliphatic heterocycles. The highest BCUT2D eigenvalue weighted by atomic mass is 16.4. The summed E-state index contributed by atoms with van der Waals surface area (Å²) in [5, 5.41) is 15.4. The van der Waals surface area contributed by atoms with E-state index in [1.54, 1.807) is 0 Å². The van der Waals surface area contributed by atoms with Gasteiger partial charge in [-0.2, -0.15) is 0 Å². The third-order valence-electron chi connectivity index (χ3n) is 5.55. The van der Waals surface area contributed by atoms with Gasteiger partial charge in [0.15, 0.2) is 5.78 Å². The van der Waals surface area contributed by atoms with Gasteiger partial charge in [-0.15, -0.1) is 0 Å². The average molecular weight is 280 g/mol. The molecule has 0 saturated heterocycles. The summed E-state index contributed by atoms with van der Waals surface area (Å²) in [6, 6.07) is 0. The van der Waals surface area contributed by atoms with Gasteiger partial charge in [-0.3, -0.25) is 9.59 Å². The molecule has 0 aromatic heterocycles. The van der Waals surface area contributed by atoms with Crippen LogP contribution in [0.2, 0.25) is 0 Å². The molecule has 0 spiro atoms. The molecule has 2 N–H and O–H groups in total. The van der Waals surface area contributed by atoms with Crippen molar-refractivity contribution in [3.8, 4) is 0 Å². The minimum absolute atomic E-state index is 0.151. The quantitative estimate of drug-likeness (QED) is 0.439. The second kappa shape index (κ2) is 3.83. The first kappa shape index (κ1) is 15.0. The van der Waals surface area contributed by atoms with Crippen molar-refractivity contribution in [3.05, 3.63) is 0 Å². The first-order chi connectivity index (χ1) is 8.94. The van der Waals surface area contributed by atoms with Crippen molar-refractivity contribution in [1.29, 1.82) is 0 Å². The summed E-state index contributed by atoms with van der Waals surface area (Å²) < 4.78 is 0. The van der Waals surface area contributed by atoms with Crippen molar-refractivity contribution >= 4 is 17.4 Å². The number of ketones is 1. The van der Waals surface area contributed by atoms with Gasteiger partial charge in [0.1, 0.15) is 11.1 Å². The van der Waals surface area contributed by atoms with Crippen LogP contribution in [0.3, 0.4) is 0 Å². The van der Waals surface area contributed by atoms with Crippen LogP contribution in [0.4, 0.5) is 0 Å². The van der Waals surface area contributed by atoms with Crippen molar-refractivity contribution in [3.63, 3.8) is 0 Å². The van der Waals surface area contributed by atoms with Gasteiger partial charge in [0.2, 0.25) is 5.91 Å². The standard InChI is InChI=1S/C15H24N2O3/c1-12(2,3)16-11(19)15-8-7-14(6,13(15,4)5)9(17-20)10(15)18/h20H,7-8H2,1-6H3,(H,16,19)/b17-9+. The highest BCUT2D eigenvalue weighted by Gasteiger charge is 2.77. The van der Waals surface area contributed by atoms with Crippen LogP contribution in [-0.4, -0.2) is 28.1 Å². The fourth-order valence-corrected chi connectivity index (χ4v) is 3.90. The molecule has 2 aliphatic carbocycles. The Balaban J connectivity index is 2.56. The summed E-state index contributed by atoms with van der Waals surface area (Å²) in [6.45, 7) is 11.4. The minimum atomic E-state index is -1.11. The number of carbonyl (C=O) groups excluding carboxylic acids is 2. The number of Topliss-reactive ketones (excluding diaryl/α,β-unsaturated/α-hetero) is 1. The van der Waals surface area contributed by atoms with E-state index < -0.39 is 21.8 Å². The van der Waals surface area contributed by atoms with E-state index in [0.29, 0.717) is 12.8 Å². The molecule has 2 aliphatic rings. The van der Waals surface area contributed by atoms with Gasteiger partial charge in [-0.25, -0.2) is 0 Å². The second-order valence-corrected chi connectivity index (χ2v) is 7.84. The number of rotatable bonds is 1. The Morgan fingerprint density at radius 2 is 1.80 bits per heavy atom. The van der Waals surface area contributed by atoms with Crippen LogP contribution >= 0.6 is 0 Å². The third kappa shape index (κ3) is 1.46. The number of hydrogen-bond acceptors (Lipinski definition) is 4. The largest absolute Gasteiger partial charge is 0.411 e. The van der Waals surface area contributed by atoms with Crippen LogP contribution in [-0.2, 0) is 9.59 Å². The summed E-state index contributed by atoms with van der Waals surface area (Å²) in [6.07, 6.45) is 1.19. The van der Waals surface area contributed by atoms with Gasteiger partial charge in [-0.1, -0.05) is 25.9 Å². The molecular formula is C15H24N2O3. The van der Waals surface area contributed by atoms with Crippen molar-refractivity contribution in [2.75, 3.05) is 0 Å². The smallest absolute Gasteiger partial charge is 0.235 e. The maximum atomic E-state index is 12.8. The number of carbonyl (C=O) groups is 2.